The van der Waals surface area contributed by atoms with Crippen LogP contribution < -0.4 is 9.88 Å². The van der Waals surface area contributed by atoms with E-state index in [1.54, 1.807) is 6.20 Å². The van der Waals surface area contributed by atoms with Gasteiger partial charge in [-0.1, -0.05) is 32.0 Å². The molecule has 2 aromatic rings. The SMILES string of the molecule is COC(=O)Cc1c(-c2ccnc(OCCN(C)C3CCCN([S+](N)[O-])C3)c2)cccc1C(C)C. The molecule has 1 aromatic carbocycles. The fraction of sp³-hybridized carbons (Fsp3) is 0.520. The van der Waals surface area contributed by atoms with Crippen LogP contribution in [-0.2, 0) is 27.5 Å². The Bertz CT molecular complexity index is 956. The Morgan fingerprint density at radius 1 is 1.38 bits per heavy atom. The number of nitrogens with two attached hydrogens (primary N) is 1. The topological polar surface area (TPSA) is 104 Å². The minimum absolute atomic E-state index is 0.218. The number of ether oxygens (including phenoxy) is 2. The summed E-state index contributed by atoms with van der Waals surface area (Å²) in [7, 11) is 3.47. The van der Waals surface area contributed by atoms with E-state index >= 15 is 0 Å². The van der Waals surface area contributed by atoms with E-state index in [0.29, 0.717) is 25.1 Å². The first-order chi connectivity index (χ1) is 16.3. The first kappa shape index (κ1) is 26.4. The summed E-state index contributed by atoms with van der Waals surface area (Å²) in [6, 6.07) is 10.2. The third-order valence-electron chi connectivity index (χ3n) is 6.36. The van der Waals surface area contributed by atoms with E-state index in [1.807, 2.05) is 28.6 Å². The molecule has 34 heavy (non-hydrogen) atoms. The lowest BCUT2D eigenvalue weighted by Gasteiger charge is -2.35. The fourth-order valence-electron chi connectivity index (χ4n) is 4.41. The van der Waals surface area contributed by atoms with Gasteiger partial charge in [0, 0.05) is 31.4 Å². The lowest BCUT2D eigenvalue weighted by molar-refractivity contribution is -0.139. The second-order valence-electron chi connectivity index (χ2n) is 8.95. The molecule has 2 heterocycles. The number of pyridine rings is 1. The van der Waals surface area contributed by atoms with E-state index in [9.17, 15) is 9.35 Å². The lowest BCUT2D eigenvalue weighted by Crippen LogP contribution is -2.51. The number of benzene rings is 1. The first-order valence-corrected chi connectivity index (χ1v) is 12.9. The zero-order valence-corrected chi connectivity index (χ0v) is 21.3. The van der Waals surface area contributed by atoms with E-state index in [4.69, 9.17) is 14.6 Å². The van der Waals surface area contributed by atoms with Gasteiger partial charge in [0.25, 0.3) is 0 Å². The first-order valence-electron chi connectivity index (χ1n) is 11.7. The quantitative estimate of drug-likeness (QED) is 0.402. The van der Waals surface area contributed by atoms with Gasteiger partial charge in [-0.05, 0) is 54.1 Å². The van der Waals surface area contributed by atoms with Gasteiger partial charge in [-0.2, -0.15) is 0 Å². The molecule has 1 fully saturated rings. The van der Waals surface area contributed by atoms with Crippen LogP contribution in [0.25, 0.3) is 11.1 Å². The molecule has 0 bridgehead atoms. The number of aromatic nitrogens is 1. The summed E-state index contributed by atoms with van der Waals surface area (Å²) in [5.74, 6) is 0.556. The third-order valence-corrected chi connectivity index (χ3v) is 7.20. The minimum atomic E-state index is -1.42. The number of methoxy groups -OCH3 is 1. The van der Waals surface area contributed by atoms with E-state index in [0.717, 1.165) is 48.2 Å². The predicted molar refractivity (Wildman–Crippen MR) is 135 cm³/mol. The molecule has 0 amide bonds. The molecule has 3 rings (SSSR count). The highest BCUT2D eigenvalue weighted by molar-refractivity contribution is 7.86. The highest BCUT2D eigenvalue weighted by Gasteiger charge is 2.28. The Hall–Kier alpha value is -2.17. The van der Waals surface area contributed by atoms with Crippen LogP contribution in [0.4, 0.5) is 0 Å². The van der Waals surface area contributed by atoms with Crippen molar-refractivity contribution in [3.05, 3.63) is 47.7 Å². The highest BCUT2D eigenvalue weighted by atomic mass is 32.2. The summed E-state index contributed by atoms with van der Waals surface area (Å²) in [5.41, 5.74) is 4.04. The van der Waals surface area contributed by atoms with Gasteiger partial charge in [-0.15, -0.1) is 9.44 Å². The number of nitrogens with zero attached hydrogens (tertiary/aromatic N) is 3. The number of likely N-dealkylation sites (N-methyl/N-ethyl adjacent to an activating group) is 1. The molecule has 9 heteroatoms. The van der Waals surface area contributed by atoms with Crippen LogP contribution in [0.15, 0.2) is 36.5 Å². The molecule has 1 saturated heterocycles. The molecule has 2 atom stereocenters. The van der Waals surface area contributed by atoms with Crippen molar-refractivity contribution in [3.8, 4) is 17.0 Å². The molecule has 8 nitrogen and oxygen atoms in total. The smallest absolute Gasteiger partial charge is 0.310 e. The second-order valence-corrected chi connectivity index (χ2v) is 10.0. The van der Waals surface area contributed by atoms with Gasteiger partial charge in [0.05, 0.1) is 20.1 Å². The number of piperidine rings is 1. The maximum Gasteiger partial charge on any atom is 0.310 e. The van der Waals surface area contributed by atoms with Crippen LogP contribution in [0.3, 0.4) is 0 Å². The van der Waals surface area contributed by atoms with Gasteiger partial charge in [-0.3, -0.25) is 9.69 Å². The molecule has 0 aliphatic carbocycles. The van der Waals surface area contributed by atoms with E-state index < -0.39 is 11.5 Å². The van der Waals surface area contributed by atoms with Crippen LogP contribution in [-0.4, -0.2) is 71.2 Å². The Morgan fingerprint density at radius 3 is 2.88 bits per heavy atom. The molecule has 1 aliphatic heterocycles. The number of carbonyl (C=O) groups is 1. The van der Waals surface area contributed by atoms with E-state index in [2.05, 4.69) is 36.8 Å². The summed E-state index contributed by atoms with van der Waals surface area (Å²) in [5, 5.41) is 5.56. The van der Waals surface area contributed by atoms with Crippen LogP contribution >= 0.6 is 0 Å². The zero-order valence-electron chi connectivity index (χ0n) is 20.5. The standard InChI is InChI=1S/C25H36N4O4S/c1-18(2)21-8-5-9-22(23(21)16-25(30)32-4)19-10-11-27-24(15-19)33-14-13-28(3)20-7-6-12-29(17-20)34(26)31/h5,8-11,15,18,20H,6-7,12-14,16-17,26H2,1-4H3. The Morgan fingerprint density at radius 2 is 2.18 bits per heavy atom. The summed E-state index contributed by atoms with van der Waals surface area (Å²) in [6.07, 6.45) is 3.97. The monoisotopic (exact) mass is 488 g/mol. The van der Waals surface area contributed by atoms with Crippen LogP contribution in [0.1, 0.15) is 43.7 Å². The molecular weight excluding hydrogens is 452 g/mol. The van der Waals surface area contributed by atoms with Gasteiger partial charge in [0.2, 0.25) is 5.88 Å². The summed E-state index contributed by atoms with van der Waals surface area (Å²) >= 11 is -1.42. The van der Waals surface area contributed by atoms with Crippen molar-refractivity contribution < 1.29 is 18.8 Å². The average molecular weight is 489 g/mol. The van der Waals surface area contributed by atoms with Crippen molar-refractivity contribution in [3.63, 3.8) is 0 Å². The summed E-state index contributed by atoms with van der Waals surface area (Å²) in [4.78, 5) is 18.7. The van der Waals surface area contributed by atoms with Crippen LogP contribution in [0, 0.1) is 0 Å². The van der Waals surface area contributed by atoms with Gasteiger partial charge < -0.3 is 14.0 Å². The number of carbonyl (C=O) groups excluding carboxylic acids is 1. The predicted octanol–water partition coefficient (Wildman–Crippen LogP) is 2.90. The molecule has 0 saturated carbocycles. The van der Waals surface area contributed by atoms with Gasteiger partial charge in [-0.25, -0.2) is 4.98 Å². The van der Waals surface area contributed by atoms with Crippen molar-refractivity contribution in [1.29, 1.82) is 0 Å². The number of esters is 1. The lowest BCUT2D eigenvalue weighted by atomic mass is 9.89. The molecule has 2 N–H and O–H groups in total. The van der Waals surface area contributed by atoms with E-state index in [1.165, 1.54) is 7.11 Å². The molecule has 0 spiro atoms. The van der Waals surface area contributed by atoms with Crippen LogP contribution in [0.5, 0.6) is 5.88 Å². The van der Waals surface area contributed by atoms with Gasteiger partial charge in [0.15, 0.2) is 0 Å². The Balaban J connectivity index is 1.68. The second kappa shape index (κ2) is 12.5. The van der Waals surface area contributed by atoms with Crippen molar-refractivity contribution in [2.24, 2.45) is 5.14 Å². The van der Waals surface area contributed by atoms with Crippen molar-refractivity contribution >= 4 is 17.5 Å². The summed E-state index contributed by atoms with van der Waals surface area (Å²) < 4.78 is 24.3. The number of rotatable bonds is 10. The third kappa shape index (κ3) is 6.93. The molecule has 1 aromatic heterocycles. The van der Waals surface area contributed by atoms with Gasteiger partial charge in [0.1, 0.15) is 18.2 Å². The number of hydrogen-bond acceptors (Lipinski definition) is 8. The van der Waals surface area contributed by atoms with Crippen molar-refractivity contribution in [2.45, 2.75) is 45.1 Å². The van der Waals surface area contributed by atoms with Crippen molar-refractivity contribution in [1.82, 2.24) is 14.2 Å². The number of hydrogen-bond donors (Lipinski definition) is 1. The van der Waals surface area contributed by atoms with E-state index in [-0.39, 0.29) is 18.3 Å². The fourth-order valence-corrected chi connectivity index (χ4v) is 5.03. The van der Waals surface area contributed by atoms with Gasteiger partial charge >= 0.3 is 5.97 Å². The average Bonchev–Trinajstić information content (AvgIpc) is 2.84. The maximum absolute atomic E-state index is 12.1. The maximum atomic E-state index is 12.1. The highest BCUT2D eigenvalue weighted by Crippen LogP contribution is 2.32. The molecule has 1 aliphatic rings. The van der Waals surface area contributed by atoms with Crippen molar-refractivity contribution in [2.75, 3.05) is 40.4 Å². The normalized spacial score (nSPS) is 17.7. The minimum Gasteiger partial charge on any atom is -0.579 e. The summed E-state index contributed by atoms with van der Waals surface area (Å²) in [6.45, 7) is 6.91. The molecule has 2 unspecified atom stereocenters. The molecule has 0 radical (unpaired) electrons. The Kier molecular flexibility index (Phi) is 9.73. The van der Waals surface area contributed by atoms with Crippen LogP contribution in [0.2, 0.25) is 0 Å². The largest absolute Gasteiger partial charge is 0.579 e. The molecular formula is C25H36N4O4S. The Labute approximate surface area is 205 Å². The molecule has 186 valence electrons. The zero-order chi connectivity index (χ0) is 24.7.